The van der Waals surface area contributed by atoms with Gasteiger partial charge in [0.2, 0.25) is 0 Å². The van der Waals surface area contributed by atoms with Gasteiger partial charge in [-0.3, -0.25) is 4.74 Å². The van der Waals surface area contributed by atoms with Crippen LogP contribution in [-0.2, 0) is 0 Å². The molecule has 0 fully saturated rings. The highest BCUT2D eigenvalue weighted by molar-refractivity contribution is 7.87. The molecule has 0 saturated heterocycles. The van der Waals surface area contributed by atoms with E-state index in [0.717, 1.165) is 15.9 Å². The van der Waals surface area contributed by atoms with E-state index in [9.17, 15) is 4.39 Å². The number of hydrogen-bond acceptors (Lipinski definition) is 1. The Balaban J connectivity index is 2.13. The van der Waals surface area contributed by atoms with E-state index < -0.39 is 7.05 Å². The smallest absolute Gasteiger partial charge is 0.125 e. The summed E-state index contributed by atoms with van der Waals surface area (Å²) < 4.78 is 19.2. The predicted molar refractivity (Wildman–Crippen MR) is 129 cm³/mol. The van der Waals surface area contributed by atoms with E-state index in [1.54, 1.807) is 12.1 Å². The van der Waals surface area contributed by atoms with E-state index in [1.807, 2.05) is 72.8 Å². The van der Waals surface area contributed by atoms with Crippen LogP contribution in [0.25, 0.3) is 0 Å². The molecule has 0 bridgehead atoms. The van der Waals surface area contributed by atoms with Crippen LogP contribution in [-0.4, -0.2) is 0 Å². The molecule has 0 spiro atoms. The third-order valence-corrected chi connectivity index (χ3v) is 9.10. The monoisotopic (exact) mass is 473 g/mol. The molecule has 0 saturated carbocycles. The molecule has 4 aromatic rings. The van der Waals surface area contributed by atoms with Gasteiger partial charge in [-0.2, -0.15) is 0 Å². The number of rotatable bonds is 4. The van der Waals surface area contributed by atoms with Crippen LogP contribution in [0.3, 0.4) is 0 Å². The first-order chi connectivity index (χ1) is 14.5. The highest BCUT2D eigenvalue weighted by atomic mass is 35.5. The van der Waals surface area contributed by atoms with Gasteiger partial charge < -0.3 is 0 Å². The molecule has 0 amide bonds. The van der Waals surface area contributed by atoms with Crippen molar-refractivity contribution in [2.45, 2.75) is 0 Å². The first-order valence-electron chi connectivity index (χ1n) is 9.14. The summed E-state index contributed by atoms with van der Waals surface area (Å²) in [6, 6.07) is 29.2. The van der Waals surface area contributed by atoms with E-state index in [0.29, 0.717) is 20.8 Å². The first kappa shape index (κ1) is 21.2. The van der Waals surface area contributed by atoms with Crippen LogP contribution < -0.4 is 15.9 Å². The predicted octanol–water partition coefficient (Wildman–Crippen LogP) is 7.60. The molecule has 30 heavy (non-hydrogen) atoms. The average Bonchev–Trinajstić information content (AvgIpc) is 2.74. The van der Waals surface area contributed by atoms with Crippen LogP contribution in [0, 0.1) is 5.82 Å². The third-order valence-electron chi connectivity index (χ3n) is 4.67. The fourth-order valence-corrected chi connectivity index (χ4v) is 7.13. The van der Waals surface area contributed by atoms with E-state index in [4.69, 9.17) is 39.5 Å². The van der Waals surface area contributed by atoms with Crippen molar-refractivity contribution in [1.29, 1.82) is 0 Å². The molecule has 0 unspecified atom stereocenters. The lowest BCUT2D eigenvalue weighted by Crippen LogP contribution is -2.25. The summed E-state index contributed by atoms with van der Waals surface area (Å²) in [7, 11) is -2.57. The number of nitrogens with zero attached hydrogens (tertiary/aromatic N) is 1. The molecule has 6 heteroatoms. The molecule has 0 radical (unpaired) electrons. The topological polar surface area (TPSA) is 12.4 Å². The summed E-state index contributed by atoms with van der Waals surface area (Å²) in [6.45, 7) is 0. The molecule has 0 N–H and O–H groups in total. The van der Waals surface area contributed by atoms with E-state index in [1.165, 1.54) is 12.1 Å². The van der Waals surface area contributed by atoms with E-state index in [-0.39, 0.29) is 5.82 Å². The lowest BCUT2D eigenvalue weighted by molar-refractivity contribution is 0.628. The van der Waals surface area contributed by atoms with Gasteiger partial charge in [0.15, 0.2) is 0 Å². The van der Waals surface area contributed by atoms with Crippen LogP contribution in [0.2, 0.25) is 15.1 Å². The summed E-state index contributed by atoms with van der Waals surface area (Å²) >= 11 is 18.5. The molecule has 4 aromatic carbocycles. The second kappa shape index (κ2) is 8.96. The Morgan fingerprint density at radius 3 is 1.33 bits per heavy atom. The van der Waals surface area contributed by atoms with Crippen LogP contribution in [0.4, 0.5) is 10.1 Å². The third kappa shape index (κ3) is 4.33. The Bertz CT molecular complexity index is 1100. The number of benzene rings is 4. The summed E-state index contributed by atoms with van der Waals surface area (Å²) in [6.07, 6.45) is 0. The van der Waals surface area contributed by atoms with E-state index >= 15 is 0 Å². The number of halogens is 4. The van der Waals surface area contributed by atoms with Gasteiger partial charge in [0.05, 0.1) is 12.7 Å². The Morgan fingerprint density at radius 2 is 0.967 bits per heavy atom. The largest absolute Gasteiger partial charge is 0.254 e. The molecule has 0 aromatic heterocycles. The molecular weight excluding hydrogens is 459 g/mol. The van der Waals surface area contributed by atoms with Crippen molar-refractivity contribution in [2.75, 3.05) is 0 Å². The summed E-state index contributed by atoms with van der Waals surface area (Å²) in [5.41, 5.74) is 0.559. The molecule has 0 aliphatic carbocycles. The van der Waals surface area contributed by atoms with Crippen molar-refractivity contribution in [3.8, 4) is 0 Å². The molecule has 4 rings (SSSR count). The fourth-order valence-electron chi connectivity index (χ4n) is 3.30. The zero-order valence-corrected chi connectivity index (χ0v) is 18.8. The van der Waals surface area contributed by atoms with Gasteiger partial charge in [-0.1, -0.05) is 77.3 Å². The minimum absolute atomic E-state index is 0.335. The summed E-state index contributed by atoms with van der Waals surface area (Å²) in [4.78, 5) is 0. The van der Waals surface area contributed by atoms with Crippen LogP contribution >= 0.6 is 41.9 Å². The summed E-state index contributed by atoms with van der Waals surface area (Å²) in [5.74, 6) is -0.335. The maximum Gasteiger partial charge on any atom is 0.125 e. The van der Waals surface area contributed by atoms with Gasteiger partial charge >= 0.3 is 0 Å². The Kier molecular flexibility index (Phi) is 6.32. The van der Waals surface area contributed by atoms with Crippen molar-refractivity contribution < 1.29 is 4.39 Å². The van der Waals surface area contributed by atoms with Crippen LogP contribution in [0.1, 0.15) is 0 Å². The first-order valence-corrected chi connectivity index (χ1v) is 12.0. The van der Waals surface area contributed by atoms with Crippen LogP contribution in [0.15, 0.2) is 102 Å². The molecule has 0 heterocycles. The second-order valence-corrected chi connectivity index (χ2v) is 11.0. The van der Waals surface area contributed by atoms with Gasteiger partial charge in [-0.25, -0.2) is 4.39 Å². The normalized spacial score (nSPS) is 11.3. The van der Waals surface area contributed by atoms with Gasteiger partial charge in [0.1, 0.15) is 5.82 Å². The minimum Gasteiger partial charge on any atom is -0.254 e. The maximum absolute atomic E-state index is 14.0. The van der Waals surface area contributed by atoms with Gasteiger partial charge in [-0.15, -0.1) is 0 Å². The minimum atomic E-state index is -2.57. The standard InChI is InChI=1S/C24H16Cl3FNP/c25-17-4-10-22(11-5-17)30(23-12-6-18(26)7-13-23,24-14-8-19(27)9-15-24)29-21-3-1-2-20(28)16-21/h1-16H. The highest BCUT2D eigenvalue weighted by Crippen LogP contribution is 2.49. The lowest BCUT2D eigenvalue weighted by Gasteiger charge is -2.27. The van der Waals surface area contributed by atoms with Crippen LogP contribution in [0.5, 0.6) is 0 Å². The molecule has 0 atom stereocenters. The molecule has 150 valence electrons. The van der Waals surface area contributed by atoms with Crippen molar-refractivity contribution in [3.63, 3.8) is 0 Å². The van der Waals surface area contributed by atoms with E-state index in [2.05, 4.69) is 0 Å². The maximum atomic E-state index is 14.0. The van der Waals surface area contributed by atoms with Crippen molar-refractivity contribution >= 4 is 63.5 Å². The zero-order chi connectivity index (χ0) is 21.1. The van der Waals surface area contributed by atoms with Crippen molar-refractivity contribution in [2.24, 2.45) is 4.74 Å². The highest BCUT2D eigenvalue weighted by Gasteiger charge is 2.28. The molecule has 0 aliphatic rings. The quantitative estimate of drug-likeness (QED) is 0.270. The van der Waals surface area contributed by atoms with Crippen molar-refractivity contribution in [3.05, 3.63) is 118 Å². The second-order valence-electron chi connectivity index (χ2n) is 6.64. The van der Waals surface area contributed by atoms with Crippen molar-refractivity contribution in [1.82, 2.24) is 0 Å². The summed E-state index contributed by atoms with van der Waals surface area (Å²) in [5, 5.41) is 4.86. The molecule has 1 nitrogen and oxygen atoms in total. The lowest BCUT2D eigenvalue weighted by atomic mass is 10.3. The Morgan fingerprint density at radius 1 is 0.567 bits per heavy atom. The zero-order valence-electron chi connectivity index (χ0n) is 15.6. The SMILES string of the molecule is Fc1cccc(N=P(c2ccc(Cl)cc2)(c2ccc(Cl)cc2)c2ccc(Cl)cc2)c1. The van der Waals surface area contributed by atoms with Gasteiger partial charge in [0.25, 0.3) is 0 Å². The Labute approximate surface area is 190 Å². The Hall–Kier alpha value is -2.09. The van der Waals surface area contributed by atoms with Gasteiger partial charge in [-0.05, 0) is 54.6 Å². The van der Waals surface area contributed by atoms with Gasteiger partial charge in [0, 0.05) is 31.0 Å². The molecular formula is C24H16Cl3FNP. The number of hydrogen-bond donors (Lipinski definition) is 0. The molecule has 0 aliphatic heterocycles. The average molecular weight is 475 g/mol. The fraction of sp³-hybridized carbons (Fsp3) is 0.